The van der Waals surface area contributed by atoms with Crippen molar-refractivity contribution in [2.24, 2.45) is 0 Å². The molecule has 0 aliphatic carbocycles. The van der Waals surface area contributed by atoms with E-state index >= 15 is 0 Å². The van der Waals surface area contributed by atoms with Crippen LogP contribution in [0.3, 0.4) is 0 Å². The van der Waals surface area contributed by atoms with Crippen LogP contribution in [0, 0.1) is 6.92 Å². The SMILES string of the molecule is Cc1cccc(-n2c(SCC(=O)NC(C)C)nnc2-c2cccc(S(=O)(=O)N(C)C)c2)c1. The summed E-state index contributed by atoms with van der Waals surface area (Å²) in [4.78, 5) is 12.3. The second-order valence-corrected chi connectivity index (χ2v) is 10.9. The standard InChI is InChI=1S/C22H27N5O3S2/c1-15(2)23-20(28)14-31-22-25-24-21(27(22)18-10-6-8-16(3)12-18)17-9-7-11-19(13-17)32(29,30)26(4)5/h6-13,15H,14H2,1-5H3,(H,23,28). The van der Waals surface area contributed by atoms with E-state index in [-0.39, 0.29) is 22.6 Å². The molecule has 1 amide bonds. The molecule has 10 heteroatoms. The molecule has 0 radical (unpaired) electrons. The molecular formula is C22H27N5O3S2. The first-order chi connectivity index (χ1) is 15.1. The molecular weight excluding hydrogens is 446 g/mol. The summed E-state index contributed by atoms with van der Waals surface area (Å²) < 4.78 is 28.3. The lowest BCUT2D eigenvalue weighted by Gasteiger charge is -2.14. The van der Waals surface area contributed by atoms with Gasteiger partial charge in [0.1, 0.15) is 0 Å². The van der Waals surface area contributed by atoms with Gasteiger partial charge in [-0.1, -0.05) is 36.0 Å². The van der Waals surface area contributed by atoms with Gasteiger partial charge < -0.3 is 5.32 Å². The van der Waals surface area contributed by atoms with Crippen LogP contribution in [0.25, 0.3) is 17.1 Å². The van der Waals surface area contributed by atoms with E-state index in [4.69, 9.17) is 0 Å². The Morgan fingerprint density at radius 1 is 1.12 bits per heavy atom. The molecule has 8 nitrogen and oxygen atoms in total. The lowest BCUT2D eigenvalue weighted by Crippen LogP contribution is -2.31. The maximum Gasteiger partial charge on any atom is 0.242 e. The van der Waals surface area contributed by atoms with Gasteiger partial charge in [-0.2, -0.15) is 0 Å². The number of hydrogen-bond acceptors (Lipinski definition) is 6. The van der Waals surface area contributed by atoms with Crippen molar-refractivity contribution >= 4 is 27.7 Å². The number of carbonyl (C=O) groups is 1. The zero-order valence-corrected chi connectivity index (χ0v) is 20.4. The highest BCUT2D eigenvalue weighted by Gasteiger charge is 2.21. The zero-order valence-electron chi connectivity index (χ0n) is 18.7. The van der Waals surface area contributed by atoms with Crippen LogP contribution < -0.4 is 5.32 Å². The Morgan fingerprint density at radius 3 is 2.50 bits per heavy atom. The minimum Gasteiger partial charge on any atom is -0.353 e. The van der Waals surface area contributed by atoms with Crippen LogP contribution in [0.5, 0.6) is 0 Å². The number of hydrogen-bond donors (Lipinski definition) is 1. The predicted molar refractivity (Wildman–Crippen MR) is 126 cm³/mol. The van der Waals surface area contributed by atoms with Crippen molar-refractivity contribution in [3.05, 3.63) is 54.1 Å². The fourth-order valence-electron chi connectivity index (χ4n) is 3.05. The van der Waals surface area contributed by atoms with E-state index in [0.717, 1.165) is 11.3 Å². The molecule has 0 unspecified atom stereocenters. The number of carbonyl (C=O) groups excluding carboxylic acids is 1. The highest BCUT2D eigenvalue weighted by atomic mass is 32.2. The van der Waals surface area contributed by atoms with Gasteiger partial charge in [0, 0.05) is 31.4 Å². The van der Waals surface area contributed by atoms with Gasteiger partial charge in [-0.3, -0.25) is 9.36 Å². The molecule has 170 valence electrons. The molecule has 0 saturated heterocycles. The van der Waals surface area contributed by atoms with Gasteiger partial charge in [-0.25, -0.2) is 12.7 Å². The van der Waals surface area contributed by atoms with Crippen LogP contribution in [0.4, 0.5) is 0 Å². The number of nitrogens with one attached hydrogen (secondary N) is 1. The molecule has 0 fully saturated rings. The average Bonchev–Trinajstić information content (AvgIpc) is 3.16. The van der Waals surface area contributed by atoms with Gasteiger partial charge in [-0.15, -0.1) is 10.2 Å². The summed E-state index contributed by atoms with van der Waals surface area (Å²) in [7, 11) is -0.612. The van der Waals surface area contributed by atoms with Gasteiger partial charge in [0.15, 0.2) is 11.0 Å². The Morgan fingerprint density at radius 2 is 1.84 bits per heavy atom. The lowest BCUT2D eigenvalue weighted by atomic mass is 10.2. The van der Waals surface area contributed by atoms with Crippen LogP contribution in [-0.2, 0) is 14.8 Å². The molecule has 3 aromatic rings. The Labute approximate surface area is 193 Å². The average molecular weight is 474 g/mol. The zero-order chi connectivity index (χ0) is 23.5. The molecule has 0 spiro atoms. The number of rotatable bonds is 8. The summed E-state index contributed by atoms with van der Waals surface area (Å²) in [6, 6.07) is 14.5. The maximum atomic E-state index is 12.6. The van der Waals surface area contributed by atoms with E-state index in [9.17, 15) is 13.2 Å². The molecule has 0 bridgehead atoms. The van der Waals surface area contributed by atoms with Gasteiger partial charge in [0.25, 0.3) is 0 Å². The Balaban J connectivity index is 2.07. The van der Waals surface area contributed by atoms with Crippen LogP contribution >= 0.6 is 11.8 Å². The number of aromatic nitrogens is 3. The summed E-state index contributed by atoms with van der Waals surface area (Å²) in [6.07, 6.45) is 0. The number of thioether (sulfide) groups is 1. The summed E-state index contributed by atoms with van der Waals surface area (Å²) in [5, 5.41) is 12.1. The quantitative estimate of drug-likeness (QED) is 0.505. The first-order valence-corrected chi connectivity index (χ1v) is 12.5. The molecule has 2 aromatic carbocycles. The third-order valence-corrected chi connectivity index (χ3v) is 7.29. The van der Waals surface area contributed by atoms with E-state index in [1.54, 1.807) is 24.3 Å². The van der Waals surface area contributed by atoms with Crippen LogP contribution in [0.2, 0.25) is 0 Å². The Bertz CT molecular complexity index is 1220. The first-order valence-electron chi connectivity index (χ1n) is 10.1. The first kappa shape index (κ1) is 24.0. The smallest absolute Gasteiger partial charge is 0.242 e. The second-order valence-electron chi connectivity index (χ2n) is 7.81. The number of amides is 1. The van der Waals surface area contributed by atoms with Crippen molar-refractivity contribution in [3.8, 4) is 17.1 Å². The monoisotopic (exact) mass is 473 g/mol. The molecule has 0 aliphatic heterocycles. The number of nitrogens with zero attached hydrogens (tertiary/aromatic N) is 4. The normalized spacial score (nSPS) is 11.8. The molecule has 0 aliphatic rings. The summed E-state index contributed by atoms with van der Waals surface area (Å²) in [6.45, 7) is 5.80. The summed E-state index contributed by atoms with van der Waals surface area (Å²) in [5.74, 6) is 0.597. The lowest BCUT2D eigenvalue weighted by molar-refractivity contribution is -0.119. The molecule has 1 N–H and O–H groups in total. The predicted octanol–water partition coefficient (Wildman–Crippen LogP) is 3.11. The Hall–Kier alpha value is -2.69. The van der Waals surface area contributed by atoms with Crippen molar-refractivity contribution < 1.29 is 13.2 Å². The minimum absolute atomic E-state index is 0.0506. The molecule has 0 saturated carbocycles. The van der Waals surface area contributed by atoms with Gasteiger partial charge in [-0.05, 0) is 50.6 Å². The van der Waals surface area contributed by atoms with E-state index in [1.165, 1.54) is 30.2 Å². The maximum absolute atomic E-state index is 12.6. The number of sulfonamides is 1. The molecule has 1 aromatic heterocycles. The van der Waals surface area contributed by atoms with Gasteiger partial charge >= 0.3 is 0 Å². The van der Waals surface area contributed by atoms with Gasteiger partial charge in [0.2, 0.25) is 15.9 Å². The molecule has 32 heavy (non-hydrogen) atoms. The van der Waals surface area contributed by atoms with Crippen molar-refractivity contribution in [1.82, 2.24) is 24.4 Å². The van der Waals surface area contributed by atoms with E-state index in [0.29, 0.717) is 16.5 Å². The van der Waals surface area contributed by atoms with Crippen molar-refractivity contribution in [2.45, 2.75) is 36.9 Å². The van der Waals surface area contributed by atoms with Gasteiger partial charge in [0.05, 0.1) is 10.6 Å². The van der Waals surface area contributed by atoms with Crippen molar-refractivity contribution in [1.29, 1.82) is 0 Å². The Kier molecular flexibility index (Phi) is 7.37. The molecule has 3 rings (SSSR count). The van der Waals surface area contributed by atoms with Crippen molar-refractivity contribution in [2.75, 3.05) is 19.8 Å². The largest absolute Gasteiger partial charge is 0.353 e. The van der Waals surface area contributed by atoms with E-state index in [2.05, 4.69) is 15.5 Å². The van der Waals surface area contributed by atoms with Crippen molar-refractivity contribution in [3.63, 3.8) is 0 Å². The topological polar surface area (TPSA) is 97.2 Å². The van der Waals surface area contributed by atoms with Crippen LogP contribution in [-0.4, -0.2) is 59.3 Å². The highest BCUT2D eigenvalue weighted by Crippen LogP contribution is 2.29. The van der Waals surface area contributed by atoms with Crippen LogP contribution in [0.1, 0.15) is 19.4 Å². The number of aryl methyl sites for hydroxylation is 1. The summed E-state index contributed by atoms with van der Waals surface area (Å²) in [5.41, 5.74) is 2.50. The minimum atomic E-state index is -3.60. The van der Waals surface area contributed by atoms with E-state index < -0.39 is 10.0 Å². The van der Waals surface area contributed by atoms with E-state index in [1.807, 2.05) is 49.6 Å². The fraction of sp³-hybridized carbons (Fsp3) is 0.318. The second kappa shape index (κ2) is 9.85. The third kappa shape index (κ3) is 5.37. The fourth-order valence-corrected chi connectivity index (χ4v) is 4.76. The van der Waals surface area contributed by atoms with Crippen LogP contribution in [0.15, 0.2) is 58.6 Å². The highest BCUT2D eigenvalue weighted by molar-refractivity contribution is 7.99. The third-order valence-electron chi connectivity index (χ3n) is 4.55. The molecule has 1 heterocycles. The molecule has 0 atom stereocenters. The summed E-state index contributed by atoms with van der Waals surface area (Å²) >= 11 is 1.28. The number of benzene rings is 2.